The molecule has 0 saturated carbocycles. The van der Waals surface area contributed by atoms with Gasteiger partial charge in [-0.15, -0.1) is 0 Å². The summed E-state index contributed by atoms with van der Waals surface area (Å²) in [6.07, 6.45) is -0.673. The monoisotopic (exact) mass is 239 g/mol. The maximum Gasteiger partial charge on any atom is 0.409 e. The lowest BCUT2D eigenvalue weighted by atomic mass is 10.1. The van der Waals surface area contributed by atoms with Gasteiger partial charge in [0, 0.05) is 6.54 Å². The molecular weight excluding hydrogens is 225 g/mol. The average Bonchev–Trinajstić information content (AvgIpc) is 2.38. The first-order valence-corrected chi connectivity index (χ1v) is 5.40. The lowest BCUT2D eigenvalue weighted by molar-refractivity contribution is -0.0259. The van der Waals surface area contributed by atoms with Crippen molar-refractivity contribution in [2.24, 2.45) is 0 Å². The van der Waals surface area contributed by atoms with Crippen LogP contribution in [-0.2, 0) is 9.47 Å². The van der Waals surface area contributed by atoms with E-state index in [4.69, 9.17) is 4.74 Å². The van der Waals surface area contributed by atoms with E-state index in [1.807, 2.05) is 0 Å². The molecule has 4 nitrogen and oxygen atoms in total. The molecule has 1 fully saturated rings. The van der Waals surface area contributed by atoms with Crippen LogP contribution >= 0.6 is 0 Å². The van der Waals surface area contributed by atoms with Gasteiger partial charge in [0.2, 0.25) is 0 Å². The fraction of sp³-hybridized carbons (Fsp3) is 0.417. The van der Waals surface area contributed by atoms with Crippen molar-refractivity contribution in [3.63, 3.8) is 0 Å². The third kappa shape index (κ3) is 2.74. The zero-order chi connectivity index (χ0) is 12.3. The predicted molar refractivity (Wildman–Crippen MR) is 59.1 cm³/mol. The number of halogens is 1. The quantitative estimate of drug-likeness (QED) is 0.752. The number of carbonyl (C=O) groups excluding carboxylic acids is 1. The van der Waals surface area contributed by atoms with Crippen molar-refractivity contribution in [3.8, 4) is 0 Å². The standard InChI is InChI=1S/C12H14FNO3/c1-16-12(15)14-5-6-17-11(8-14)9-3-2-4-10(13)7-9/h2-4,7,11H,5-6,8H2,1H3/t11-/m1/s1. The molecule has 1 atom stereocenters. The normalized spacial score (nSPS) is 20.1. The van der Waals surface area contributed by atoms with E-state index in [-0.39, 0.29) is 18.0 Å². The van der Waals surface area contributed by atoms with Crippen LogP contribution in [0.3, 0.4) is 0 Å². The van der Waals surface area contributed by atoms with Crippen molar-refractivity contribution in [1.29, 1.82) is 0 Å². The fourth-order valence-electron chi connectivity index (χ4n) is 1.85. The molecule has 1 aliphatic rings. The molecule has 0 N–H and O–H groups in total. The van der Waals surface area contributed by atoms with Gasteiger partial charge in [0.15, 0.2) is 0 Å². The number of carbonyl (C=O) groups is 1. The fourth-order valence-corrected chi connectivity index (χ4v) is 1.85. The molecule has 0 bridgehead atoms. The molecule has 2 rings (SSSR count). The highest BCUT2D eigenvalue weighted by molar-refractivity contribution is 5.67. The summed E-state index contributed by atoms with van der Waals surface area (Å²) >= 11 is 0. The molecular formula is C12H14FNO3. The smallest absolute Gasteiger partial charge is 0.409 e. The molecule has 1 saturated heterocycles. The van der Waals surface area contributed by atoms with Gasteiger partial charge in [-0.2, -0.15) is 0 Å². The van der Waals surface area contributed by atoms with Crippen LogP contribution < -0.4 is 0 Å². The summed E-state index contributed by atoms with van der Waals surface area (Å²) in [4.78, 5) is 12.9. The van der Waals surface area contributed by atoms with Crippen molar-refractivity contribution in [2.45, 2.75) is 6.10 Å². The van der Waals surface area contributed by atoms with Gasteiger partial charge in [-0.25, -0.2) is 9.18 Å². The summed E-state index contributed by atoms with van der Waals surface area (Å²) in [5.74, 6) is -0.304. The van der Waals surface area contributed by atoms with Gasteiger partial charge < -0.3 is 14.4 Å². The first-order valence-electron chi connectivity index (χ1n) is 5.40. The third-order valence-corrected chi connectivity index (χ3v) is 2.72. The predicted octanol–water partition coefficient (Wildman–Crippen LogP) is 1.97. The second-order valence-corrected chi connectivity index (χ2v) is 3.83. The van der Waals surface area contributed by atoms with Crippen LogP contribution in [0.2, 0.25) is 0 Å². The molecule has 92 valence electrons. The Balaban J connectivity index is 2.09. The van der Waals surface area contributed by atoms with Gasteiger partial charge >= 0.3 is 6.09 Å². The summed E-state index contributed by atoms with van der Waals surface area (Å²) in [5, 5.41) is 0. The van der Waals surface area contributed by atoms with E-state index in [0.717, 1.165) is 5.56 Å². The summed E-state index contributed by atoms with van der Waals surface area (Å²) in [7, 11) is 1.34. The second-order valence-electron chi connectivity index (χ2n) is 3.83. The van der Waals surface area contributed by atoms with Gasteiger partial charge in [0.1, 0.15) is 11.9 Å². The molecule has 0 spiro atoms. The number of methoxy groups -OCH3 is 1. The van der Waals surface area contributed by atoms with E-state index >= 15 is 0 Å². The van der Waals surface area contributed by atoms with E-state index in [2.05, 4.69) is 4.74 Å². The first-order chi connectivity index (χ1) is 8.20. The second kappa shape index (κ2) is 5.14. The topological polar surface area (TPSA) is 38.8 Å². The highest BCUT2D eigenvalue weighted by Gasteiger charge is 2.25. The van der Waals surface area contributed by atoms with E-state index in [0.29, 0.717) is 19.7 Å². The van der Waals surface area contributed by atoms with Crippen molar-refractivity contribution < 1.29 is 18.7 Å². The van der Waals surface area contributed by atoms with Gasteiger partial charge in [-0.3, -0.25) is 0 Å². The Hall–Kier alpha value is -1.62. The van der Waals surface area contributed by atoms with Crippen molar-refractivity contribution in [3.05, 3.63) is 35.6 Å². The lowest BCUT2D eigenvalue weighted by Gasteiger charge is -2.32. The van der Waals surface area contributed by atoms with Gasteiger partial charge in [0.05, 0.1) is 20.3 Å². The van der Waals surface area contributed by atoms with Crippen LogP contribution in [0.15, 0.2) is 24.3 Å². The van der Waals surface area contributed by atoms with Crippen LogP contribution in [0.5, 0.6) is 0 Å². The van der Waals surface area contributed by atoms with E-state index in [9.17, 15) is 9.18 Å². The highest BCUT2D eigenvalue weighted by Crippen LogP contribution is 2.22. The third-order valence-electron chi connectivity index (χ3n) is 2.72. The molecule has 0 aliphatic carbocycles. The van der Waals surface area contributed by atoms with Gasteiger partial charge in [-0.1, -0.05) is 12.1 Å². The molecule has 0 aromatic heterocycles. The van der Waals surface area contributed by atoms with Gasteiger partial charge in [0.25, 0.3) is 0 Å². The molecule has 1 heterocycles. The van der Waals surface area contributed by atoms with E-state index in [1.165, 1.54) is 19.2 Å². The number of ether oxygens (including phenoxy) is 2. The largest absolute Gasteiger partial charge is 0.453 e. The molecule has 0 unspecified atom stereocenters. The maximum atomic E-state index is 13.1. The van der Waals surface area contributed by atoms with Crippen molar-refractivity contribution >= 4 is 6.09 Å². The van der Waals surface area contributed by atoms with Crippen molar-refractivity contribution in [2.75, 3.05) is 26.8 Å². The summed E-state index contributed by atoms with van der Waals surface area (Å²) < 4.78 is 23.3. The number of amides is 1. The Bertz CT molecular complexity index is 410. The Morgan fingerprint density at radius 3 is 3.12 bits per heavy atom. The minimum Gasteiger partial charge on any atom is -0.453 e. The number of nitrogens with zero attached hydrogens (tertiary/aromatic N) is 1. The number of benzene rings is 1. The van der Waals surface area contributed by atoms with Crippen LogP contribution in [-0.4, -0.2) is 37.8 Å². The van der Waals surface area contributed by atoms with E-state index in [1.54, 1.807) is 17.0 Å². The SMILES string of the molecule is COC(=O)N1CCO[C@@H](c2cccc(F)c2)C1. The number of morpholine rings is 1. The van der Waals surface area contributed by atoms with E-state index < -0.39 is 0 Å². The van der Waals surface area contributed by atoms with Crippen LogP contribution in [0.25, 0.3) is 0 Å². The van der Waals surface area contributed by atoms with Crippen LogP contribution in [0.1, 0.15) is 11.7 Å². The lowest BCUT2D eigenvalue weighted by Crippen LogP contribution is -2.42. The summed E-state index contributed by atoms with van der Waals surface area (Å²) in [5.41, 5.74) is 0.735. The minimum absolute atomic E-state index is 0.293. The zero-order valence-electron chi connectivity index (χ0n) is 9.56. The summed E-state index contributed by atoms with van der Waals surface area (Å²) in [6.45, 7) is 1.31. The summed E-state index contributed by atoms with van der Waals surface area (Å²) in [6, 6.07) is 6.22. The van der Waals surface area contributed by atoms with Crippen molar-refractivity contribution in [1.82, 2.24) is 4.90 Å². The Morgan fingerprint density at radius 2 is 2.41 bits per heavy atom. The maximum absolute atomic E-state index is 13.1. The highest BCUT2D eigenvalue weighted by atomic mass is 19.1. The minimum atomic E-state index is -0.380. The molecule has 0 radical (unpaired) electrons. The number of hydrogen-bond donors (Lipinski definition) is 0. The molecule has 5 heteroatoms. The first kappa shape index (κ1) is 11.9. The molecule has 1 aliphatic heterocycles. The molecule has 1 aromatic carbocycles. The zero-order valence-corrected chi connectivity index (χ0v) is 9.56. The van der Waals surface area contributed by atoms with Gasteiger partial charge in [-0.05, 0) is 17.7 Å². The Morgan fingerprint density at radius 1 is 1.59 bits per heavy atom. The number of rotatable bonds is 1. The Kier molecular flexibility index (Phi) is 3.58. The molecule has 1 aromatic rings. The number of hydrogen-bond acceptors (Lipinski definition) is 3. The van der Waals surface area contributed by atoms with Crippen LogP contribution in [0.4, 0.5) is 9.18 Å². The van der Waals surface area contributed by atoms with Crippen LogP contribution in [0, 0.1) is 5.82 Å². The molecule has 17 heavy (non-hydrogen) atoms. The Labute approximate surface area is 98.9 Å². The average molecular weight is 239 g/mol. The molecule has 1 amide bonds.